The average molecular weight is 249 g/mol. The molecule has 0 radical (unpaired) electrons. The maximum absolute atomic E-state index is 11.8. The lowest BCUT2D eigenvalue weighted by atomic mass is 10.3. The van der Waals surface area contributed by atoms with Gasteiger partial charge in [-0.3, -0.25) is 4.79 Å². The number of nitrogens with zero attached hydrogens (tertiary/aromatic N) is 1. The van der Waals surface area contributed by atoms with E-state index in [0.29, 0.717) is 22.1 Å². The average Bonchev–Trinajstić information content (AvgIpc) is 2.76. The number of aromatic nitrogens is 1. The van der Waals surface area contributed by atoms with Gasteiger partial charge >= 0.3 is 0 Å². The van der Waals surface area contributed by atoms with Gasteiger partial charge in [0.15, 0.2) is 0 Å². The number of rotatable bonds is 3. The maximum Gasteiger partial charge on any atom is 0.267 e. The van der Waals surface area contributed by atoms with E-state index in [-0.39, 0.29) is 5.91 Å². The molecular formula is C11H11N3O2S. The van der Waals surface area contributed by atoms with Crippen LogP contribution in [0.5, 0.6) is 5.88 Å². The van der Waals surface area contributed by atoms with E-state index in [1.54, 1.807) is 23.6 Å². The van der Waals surface area contributed by atoms with Crippen molar-refractivity contribution in [1.29, 1.82) is 0 Å². The van der Waals surface area contributed by atoms with E-state index < -0.39 is 0 Å². The van der Waals surface area contributed by atoms with Gasteiger partial charge in [-0.15, -0.1) is 11.3 Å². The second-order valence-corrected chi connectivity index (χ2v) is 4.16. The van der Waals surface area contributed by atoms with Crippen LogP contribution in [0.1, 0.15) is 9.67 Å². The Labute approximate surface area is 102 Å². The number of nitrogen functional groups attached to an aromatic ring is 1. The second kappa shape index (κ2) is 4.84. The third-order valence-corrected chi connectivity index (χ3v) is 3.03. The monoisotopic (exact) mass is 249 g/mol. The Bertz CT molecular complexity index is 522. The number of methoxy groups -OCH3 is 1. The molecule has 0 aliphatic rings. The van der Waals surface area contributed by atoms with Gasteiger partial charge in [0.1, 0.15) is 4.88 Å². The van der Waals surface area contributed by atoms with Gasteiger partial charge in [-0.2, -0.15) is 0 Å². The van der Waals surface area contributed by atoms with Crippen molar-refractivity contribution in [3.05, 3.63) is 34.7 Å². The highest BCUT2D eigenvalue weighted by Gasteiger charge is 2.11. The Kier molecular flexibility index (Phi) is 3.24. The third-order valence-electron chi connectivity index (χ3n) is 2.11. The summed E-state index contributed by atoms with van der Waals surface area (Å²) < 4.78 is 4.92. The lowest BCUT2D eigenvalue weighted by Gasteiger charge is -2.04. The van der Waals surface area contributed by atoms with E-state index in [4.69, 9.17) is 10.5 Å². The van der Waals surface area contributed by atoms with Crippen LogP contribution in [0.3, 0.4) is 0 Å². The van der Waals surface area contributed by atoms with E-state index in [1.165, 1.54) is 24.6 Å². The quantitative estimate of drug-likeness (QED) is 0.872. The van der Waals surface area contributed by atoms with E-state index in [9.17, 15) is 4.79 Å². The topological polar surface area (TPSA) is 77.2 Å². The number of anilines is 2. The fourth-order valence-corrected chi connectivity index (χ4v) is 1.98. The second-order valence-electron chi connectivity index (χ2n) is 3.25. The highest BCUT2D eigenvalue weighted by molar-refractivity contribution is 7.12. The molecule has 0 unspecified atom stereocenters. The van der Waals surface area contributed by atoms with Gasteiger partial charge in [-0.1, -0.05) is 0 Å². The molecule has 3 N–H and O–H groups in total. The number of amides is 1. The minimum absolute atomic E-state index is 0.232. The van der Waals surface area contributed by atoms with Crippen molar-refractivity contribution in [2.75, 3.05) is 18.2 Å². The first-order valence-electron chi connectivity index (χ1n) is 4.85. The molecule has 88 valence electrons. The zero-order valence-corrected chi connectivity index (χ0v) is 9.95. The standard InChI is InChI=1S/C11H11N3O2S/c1-16-9-3-2-7(6-13-9)14-11(15)10-8(12)4-5-17-10/h2-6H,12H2,1H3,(H,14,15). The molecule has 0 aliphatic heterocycles. The Hall–Kier alpha value is -2.08. The van der Waals surface area contributed by atoms with Gasteiger partial charge in [0.25, 0.3) is 5.91 Å². The molecule has 6 heteroatoms. The molecule has 0 bridgehead atoms. The summed E-state index contributed by atoms with van der Waals surface area (Å²) in [5.41, 5.74) is 6.74. The van der Waals surface area contributed by atoms with Crippen LogP contribution in [-0.2, 0) is 0 Å². The number of ether oxygens (including phenoxy) is 1. The van der Waals surface area contributed by atoms with Crippen LogP contribution in [0.2, 0.25) is 0 Å². The molecule has 0 spiro atoms. The SMILES string of the molecule is COc1ccc(NC(=O)c2sccc2N)cn1. The molecule has 0 saturated heterocycles. The first kappa shape index (κ1) is 11.4. The molecule has 2 rings (SSSR count). The lowest BCUT2D eigenvalue weighted by Crippen LogP contribution is -2.12. The minimum Gasteiger partial charge on any atom is -0.481 e. The smallest absolute Gasteiger partial charge is 0.267 e. The molecule has 0 saturated carbocycles. The number of carbonyl (C=O) groups is 1. The van der Waals surface area contributed by atoms with Crippen molar-refractivity contribution >= 4 is 28.6 Å². The molecule has 0 fully saturated rings. The number of thiophene rings is 1. The highest BCUT2D eigenvalue weighted by atomic mass is 32.1. The van der Waals surface area contributed by atoms with Gasteiger partial charge in [-0.25, -0.2) is 4.98 Å². The van der Waals surface area contributed by atoms with Gasteiger partial charge < -0.3 is 15.8 Å². The summed E-state index contributed by atoms with van der Waals surface area (Å²) in [6.45, 7) is 0. The highest BCUT2D eigenvalue weighted by Crippen LogP contribution is 2.20. The zero-order chi connectivity index (χ0) is 12.3. The number of hydrogen-bond donors (Lipinski definition) is 2. The number of hydrogen-bond acceptors (Lipinski definition) is 5. The van der Waals surface area contributed by atoms with Crippen molar-refractivity contribution in [3.8, 4) is 5.88 Å². The van der Waals surface area contributed by atoms with Crippen LogP contribution in [0.25, 0.3) is 0 Å². The Balaban J connectivity index is 2.10. The summed E-state index contributed by atoms with van der Waals surface area (Å²) in [6.07, 6.45) is 1.53. The van der Waals surface area contributed by atoms with Gasteiger partial charge in [-0.05, 0) is 17.5 Å². The summed E-state index contributed by atoms with van der Waals surface area (Å²) in [4.78, 5) is 16.3. The van der Waals surface area contributed by atoms with Crippen molar-refractivity contribution in [1.82, 2.24) is 4.98 Å². The van der Waals surface area contributed by atoms with Crippen LogP contribution in [-0.4, -0.2) is 18.0 Å². The van der Waals surface area contributed by atoms with E-state index in [2.05, 4.69) is 10.3 Å². The van der Waals surface area contributed by atoms with Gasteiger partial charge in [0, 0.05) is 6.07 Å². The van der Waals surface area contributed by atoms with Crippen molar-refractivity contribution in [2.24, 2.45) is 0 Å². The molecule has 0 aromatic carbocycles. The largest absolute Gasteiger partial charge is 0.481 e. The van der Waals surface area contributed by atoms with Crippen LogP contribution < -0.4 is 15.8 Å². The van der Waals surface area contributed by atoms with E-state index in [0.717, 1.165) is 0 Å². The predicted molar refractivity (Wildman–Crippen MR) is 67.5 cm³/mol. The van der Waals surface area contributed by atoms with Crippen molar-refractivity contribution in [2.45, 2.75) is 0 Å². The van der Waals surface area contributed by atoms with E-state index in [1.807, 2.05) is 0 Å². The number of nitrogens with one attached hydrogen (secondary N) is 1. The summed E-state index contributed by atoms with van der Waals surface area (Å²) in [5.74, 6) is 0.267. The third kappa shape index (κ3) is 2.54. The van der Waals surface area contributed by atoms with Gasteiger partial charge in [0.05, 0.1) is 24.7 Å². The Morgan fingerprint density at radius 1 is 1.47 bits per heavy atom. The van der Waals surface area contributed by atoms with Crippen LogP contribution in [0, 0.1) is 0 Å². The Morgan fingerprint density at radius 2 is 2.29 bits per heavy atom. The first-order chi connectivity index (χ1) is 8.20. The minimum atomic E-state index is -0.232. The first-order valence-corrected chi connectivity index (χ1v) is 5.73. The maximum atomic E-state index is 11.8. The molecule has 2 aromatic heterocycles. The predicted octanol–water partition coefficient (Wildman–Crippen LogP) is 1.99. The lowest BCUT2D eigenvalue weighted by molar-refractivity contribution is 0.103. The normalized spacial score (nSPS) is 9.94. The molecule has 5 nitrogen and oxygen atoms in total. The zero-order valence-electron chi connectivity index (χ0n) is 9.14. The van der Waals surface area contributed by atoms with Crippen molar-refractivity contribution < 1.29 is 9.53 Å². The molecule has 2 aromatic rings. The Morgan fingerprint density at radius 3 is 2.82 bits per heavy atom. The van der Waals surface area contributed by atoms with Crippen molar-refractivity contribution in [3.63, 3.8) is 0 Å². The van der Waals surface area contributed by atoms with Crippen LogP contribution >= 0.6 is 11.3 Å². The summed E-state index contributed by atoms with van der Waals surface area (Å²) in [7, 11) is 1.53. The van der Waals surface area contributed by atoms with Gasteiger partial charge in [0.2, 0.25) is 5.88 Å². The molecule has 2 heterocycles. The summed E-state index contributed by atoms with van der Waals surface area (Å²) in [5, 5.41) is 4.48. The molecule has 0 aliphatic carbocycles. The fourth-order valence-electron chi connectivity index (χ4n) is 1.27. The molecule has 0 atom stereocenters. The molecular weight excluding hydrogens is 238 g/mol. The summed E-state index contributed by atoms with van der Waals surface area (Å²) >= 11 is 1.30. The molecule has 1 amide bonds. The molecule has 17 heavy (non-hydrogen) atoms. The fraction of sp³-hybridized carbons (Fsp3) is 0.0909. The number of pyridine rings is 1. The van der Waals surface area contributed by atoms with Crippen LogP contribution in [0.15, 0.2) is 29.8 Å². The van der Waals surface area contributed by atoms with Crippen LogP contribution in [0.4, 0.5) is 11.4 Å². The number of carbonyl (C=O) groups excluding carboxylic acids is 1. The summed E-state index contributed by atoms with van der Waals surface area (Å²) in [6, 6.07) is 5.09. The van der Waals surface area contributed by atoms with E-state index >= 15 is 0 Å². The number of nitrogens with two attached hydrogens (primary N) is 1.